The molecule has 3 nitrogen and oxygen atoms in total. The highest BCUT2D eigenvalue weighted by molar-refractivity contribution is 6.32. The molecule has 0 aliphatic heterocycles. The van der Waals surface area contributed by atoms with Crippen LogP contribution in [0.1, 0.15) is 48.5 Å². The second-order valence-corrected chi connectivity index (χ2v) is 4.34. The maximum Gasteiger partial charge on any atom is 0.341 e. The summed E-state index contributed by atoms with van der Waals surface area (Å²) in [7, 11) is 1.34. The van der Waals surface area contributed by atoms with Crippen molar-refractivity contribution in [1.29, 1.82) is 0 Å². The van der Waals surface area contributed by atoms with Crippen LogP contribution in [-0.4, -0.2) is 18.1 Å². The predicted molar refractivity (Wildman–Crippen MR) is 68.4 cm³/mol. The Balaban J connectivity index is 2.65. The minimum atomic E-state index is -0.432. The molecule has 1 aromatic rings. The lowest BCUT2D eigenvalue weighted by molar-refractivity contribution is 0.0600. The van der Waals surface area contributed by atoms with Gasteiger partial charge in [0.2, 0.25) is 0 Å². The summed E-state index contributed by atoms with van der Waals surface area (Å²) in [5.74, 6) is -0.432. The number of aromatic nitrogens is 1. The number of nitrogens with zero attached hydrogens (tertiary/aromatic N) is 1. The highest BCUT2D eigenvalue weighted by atomic mass is 35.5. The molecule has 0 saturated carbocycles. The molecule has 0 radical (unpaired) electrons. The Morgan fingerprint density at radius 1 is 1.41 bits per heavy atom. The van der Waals surface area contributed by atoms with Crippen LogP contribution in [0, 0.1) is 0 Å². The number of rotatable bonds is 6. The van der Waals surface area contributed by atoms with Crippen LogP contribution >= 0.6 is 11.6 Å². The molecular weight excluding hydrogens is 238 g/mol. The number of pyridine rings is 1. The van der Waals surface area contributed by atoms with E-state index in [1.807, 2.05) is 0 Å². The Labute approximate surface area is 107 Å². The molecule has 0 spiro atoms. The van der Waals surface area contributed by atoms with Crippen LogP contribution in [0.25, 0.3) is 0 Å². The minimum absolute atomic E-state index is 0.203. The van der Waals surface area contributed by atoms with E-state index in [-0.39, 0.29) is 5.15 Å². The summed E-state index contributed by atoms with van der Waals surface area (Å²) in [5, 5.41) is 0.203. The predicted octanol–water partition coefficient (Wildman–Crippen LogP) is 3.64. The molecule has 17 heavy (non-hydrogen) atoms. The van der Waals surface area contributed by atoms with Crippen molar-refractivity contribution in [2.45, 2.75) is 39.0 Å². The van der Waals surface area contributed by atoms with E-state index >= 15 is 0 Å². The number of unbranched alkanes of at least 4 members (excludes halogenated alkanes) is 3. The fraction of sp³-hybridized carbons (Fsp3) is 0.538. The van der Waals surface area contributed by atoms with Gasteiger partial charge in [0.05, 0.1) is 12.7 Å². The molecule has 0 N–H and O–H groups in total. The Morgan fingerprint density at radius 2 is 2.18 bits per heavy atom. The lowest BCUT2D eigenvalue weighted by Crippen LogP contribution is -2.04. The van der Waals surface area contributed by atoms with Crippen molar-refractivity contribution in [3.63, 3.8) is 0 Å². The molecule has 1 rings (SSSR count). The molecule has 0 atom stereocenters. The molecule has 0 aromatic carbocycles. The highest BCUT2D eigenvalue weighted by Gasteiger charge is 2.12. The van der Waals surface area contributed by atoms with E-state index in [2.05, 4.69) is 16.6 Å². The summed E-state index contributed by atoms with van der Waals surface area (Å²) in [6.45, 7) is 2.18. The number of aryl methyl sites for hydroxylation is 1. The Bertz CT molecular complexity index is 380. The van der Waals surface area contributed by atoms with Crippen molar-refractivity contribution in [2.24, 2.45) is 0 Å². The number of esters is 1. The zero-order valence-electron chi connectivity index (χ0n) is 10.3. The highest BCUT2D eigenvalue weighted by Crippen LogP contribution is 2.17. The maximum absolute atomic E-state index is 11.4. The van der Waals surface area contributed by atoms with E-state index in [0.717, 1.165) is 18.4 Å². The molecule has 0 fully saturated rings. The van der Waals surface area contributed by atoms with Gasteiger partial charge in [0.1, 0.15) is 5.15 Å². The summed E-state index contributed by atoms with van der Waals surface area (Å²) in [5.41, 5.74) is 1.38. The first-order valence-corrected chi connectivity index (χ1v) is 6.29. The van der Waals surface area contributed by atoms with Crippen LogP contribution in [0.2, 0.25) is 5.15 Å². The number of methoxy groups -OCH3 is 1. The largest absolute Gasteiger partial charge is 0.465 e. The summed E-state index contributed by atoms with van der Waals surface area (Å²) in [6, 6.07) is 1.77. The normalized spacial score (nSPS) is 10.3. The average molecular weight is 256 g/mol. The second-order valence-electron chi connectivity index (χ2n) is 3.98. The lowest BCUT2D eigenvalue weighted by Gasteiger charge is -2.05. The quantitative estimate of drug-likeness (QED) is 0.443. The fourth-order valence-corrected chi connectivity index (χ4v) is 1.82. The summed E-state index contributed by atoms with van der Waals surface area (Å²) in [4.78, 5) is 15.4. The number of ether oxygens (including phenoxy) is 1. The van der Waals surface area contributed by atoms with Crippen LogP contribution in [0.5, 0.6) is 0 Å². The summed E-state index contributed by atoms with van der Waals surface area (Å²) >= 11 is 5.84. The molecule has 0 saturated heterocycles. The van der Waals surface area contributed by atoms with Gasteiger partial charge in [-0.2, -0.15) is 0 Å². The van der Waals surface area contributed by atoms with E-state index in [9.17, 15) is 4.79 Å². The zero-order chi connectivity index (χ0) is 12.7. The Hall–Kier alpha value is -1.09. The first-order chi connectivity index (χ1) is 8.19. The third-order valence-electron chi connectivity index (χ3n) is 2.62. The van der Waals surface area contributed by atoms with Crippen molar-refractivity contribution >= 4 is 17.6 Å². The Kier molecular flexibility index (Phi) is 5.98. The van der Waals surface area contributed by atoms with Gasteiger partial charge in [-0.3, -0.25) is 0 Å². The Morgan fingerprint density at radius 3 is 2.82 bits per heavy atom. The van der Waals surface area contributed by atoms with Crippen molar-refractivity contribution in [3.8, 4) is 0 Å². The van der Waals surface area contributed by atoms with E-state index in [0.29, 0.717) is 5.56 Å². The van der Waals surface area contributed by atoms with E-state index < -0.39 is 5.97 Å². The molecule has 94 valence electrons. The van der Waals surface area contributed by atoms with Gasteiger partial charge in [-0.15, -0.1) is 0 Å². The van der Waals surface area contributed by atoms with Crippen molar-refractivity contribution < 1.29 is 9.53 Å². The van der Waals surface area contributed by atoms with Gasteiger partial charge in [-0.05, 0) is 24.5 Å². The van der Waals surface area contributed by atoms with Gasteiger partial charge >= 0.3 is 5.97 Å². The van der Waals surface area contributed by atoms with Crippen LogP contribution in [0.15, 0.2) is 12.3 Å². The van der Waals surface area contributed by atoms with Crippen molar-refractivity contribution in [2.75, 3.05) is 7.11 Å². The molecule has 4 heteroatoms. The third-order valence-corrected chi connectivity index (χ3v) is 2.92. The van der Waals surface area contributed by atoms with E-state index in [4.69, 9.17) is 11.6 Å². The van der Waals surface area contributed by atoms with Gasteiger partial charge < -0.3 is 4.74 Å². The van der Waals surface area contributed by atoms with E-state index in [1.165, 1.54) is 26.4 Å². The number of hydrogen-bond donors (Lipinski definition) is 0. The van der Waals surface area contributed by atoms with Gasteiger partial charge in [0.25, 0.3) is 0 Å². The van der Waals surface area contributed by atoms with Gasteiger partial charge in [0, 0.05) is 6.20 Å². The van der Waals surface area contributed by atoms with Gasteiger partial charge in [-0.25, -0.2) is 9.78 Å². The minimum Gasteiger partial charge on any atom is -0.465 e. The van der Waals surface area contributed by atoms with E-state index in [1.54, 1.807) is 12.3 Å². The molecule has 0 bridgehead atoms. The van der Waals surface area contributed by atoms with Crippen molar-refractivity contribution in [3.05, 3.63) is 28.5 Å². The average Bonchev–Trinajstić information content (AvgIpc) is 2.35. The van der Waals surface area contributed by atoms with Crippen LogP contribution in [0.3, 0.4) is 0 Å². The topological polar surface area (TPSA) is 39.2 Å². The fourth-order valence-electron chi connectivity index (χ4n) is 1.64. The zero-order valence-corrected chi connectivity index (χ0v) is 11.1. The monoisotopic (exact) mass is 255 g/mol. The summed E-state index contributed by atoms with van der Waals surface area (Å²) in [6.07, 6.45) is 7.41. The van der Waals surface area contributed by atoms with Crippen LogP contribution in [0.4, 0.5) is 0 Å². The standard InChI is InChI=1S/C13H18ClNO2/c1-3-4-5-6-7-10-8-11(13(16)17-2)12(14)15-9-10/h8-9H,3-7H2,1-2H3. The van der Waals surface area contributed by atoms with Crippen LogP contribution in [-0.2, 0) is 11.2 Å². The number of carbonyl (C=O) groups excluding carboxylic acids is 1. The third kappa shape index (κ3) is 4.35. The molecule has 1 heterocycles. The molecule has 0 amide bonds. The molecule has 1 aromatic heterocycles. The number of hydrogen-bond acceptors (Lipinski definition) is 3. The first kappa shape index (κ1) is 14.0. The second kappa shape index (κ2) is 7.28. The van der Waals surface area contributed by atoms with Gasteiger partial charge in [-0.1, -0.05) is 37.8 Å². The smallest absolute Gasteiger partial charge is 0.341 e. The number of halogens is 1. The lowest BCUT2D eigenvalue weighted by atomic mass is 10.1. The molecule has 0 unspecified atom stereocenters. The maximum atomic E-state index is 11.4. The summed E-state index contributed by atoms with van der Waals surface area (Å²) < 4.78 is 4.65. The molecule has 0 aliphatic rings. The first-order valence-electron chi connectivity index (χ1n) is 5.91. The molecular formula is C13H18ClNO2. The van der Waals surface area contributed by atoms with Crippen molar-refractivity contribution in [1.82, 2.24) is 4.98 Å². The van der Waals surface area contributed by atoms with Crippen LogP contribution < -0.4 is 0 Å². The number of carbonyl (C=O) groups is 1. The SMILES string of the molecule is CCCCCCc1cnc(Cl)c(C(=O)OC)c1. The van der Waals surface area contributed by atoms with Gasteiger partial charge in [0.15, 0.2) is 0 Å². The molecule has 0 aliphatic carbocycles.